The lowest BCUT2D eigenvalue weighted by Gasteiger charge is -2.27. The average Bonchev–Trinajstić information content (AvgIpc) is 2.82. The molecule has 0 radical (unpaired) electrons. The highest BCUT2D eigenvalue weighted by Gasteiger charge is 2.33. The van der Waals surface area contributed by atoms with Gasteiger partial charge in [0, 0.05) is 34.4 Å². The molecule has 1 fully saturated rings. The molecule has 1 aliphatic rings. The average molecular weight is 638 g/mol. The Hall–Kier alpha value is -3.88. The number of sulfonamides is 1. The molecule has 0 aliphatic carbocycles. The molecule has 9 nitrogen and oxygen atoms in total. The number of fused-ring (bicyclic) bond motifs is 1. The predicted molar refractivity (Wildman–Crippen MR) is 144 cm³/mol. The fourth-order valence-electron chi connectivity index (χ4n) is 3.91. The van der Waals surface area contributed by atoms with Gasteiger partial charge in [-0.2, -0.15) is 0 Å². The van der Waals surface area contributed by atoms with Crippen LogP contribution in [0.2, 0.25) is 0 Å². The minimum atomic E-state index is -3.92. The highest BCUT2D eigenvalue weighted by atomic mass is 79.9. The van der Waals surface area contributed by atoms with Crippen molar-refractivity contribution >= 4 is 59.9 Å². The summed E-state index contributed by atoms with van der Waals surface area (Å²) in [6, 6.07) is 9.29. The maximum atomic E-state index is 15.3. The van der Waals surface area contributed by atoms with Crippen molar-refractivity contribution < 1.29 is 40.6 Å². The molecule has 1 saturated heterocycles. The molecule has 2 N–H and O–H groups in total. The smallest absolute Gasteiger partial charge is 0.338 e. The van der Waals surface area contributed by atoms with Crippen LogP contribution in [0.1, 0.15) is 10.4 Å². The van der Waals surface area contributed by atoms with E-state index in [0.717, 1.165) is 19.2 Å². The first kappa shape index (κ1) is 27.7. The number of carbonyl (C=O) groups is 1. The van der Waals surface area contributed by atoms with Crippen LogP contribution >= 0.6 is 15.9 Å². The van der Waals surface area contributed by atoms with Gasteiger partial charge < -0.3 is 19.5 Å². The van der Waals surface area contributed by atoms with E-state index in [2.05, 4.69) is 31.0 Å². The molecule has 0 saturated carbocycles. The molecule has 1 aromatic heterocycles. The van der Waals surface area contributed by atoms with E-state index in [1.807, 2.05) is 0 Å². The van der Waals surface area contributed by atoms with Gasteiger partial charge in [0.2, 0.25) is 10.0 Å². The third-order valence-electron chi connectivity index (χ3n) is 5.85. The molecule has 14 heteroatoms. The van der Waals surface area contributed by atoms with E-state index >= 15 is 4.39 Å². The minimum absolute atomic E-state index is 0.00294. The van der Waals surface area contributed by atoms with Crippen molar-refractivity contribution in [3.63, 3.8) is 0 Å². The molecule has 3 aromatic carbocycles. The van der Waals surface area contributed by atoms with Crippen LogP contribution in [0.4, 0.5) is 30.2 Å². The monoisotopic (exact) mass is 637 g/mol. The van der Waals surface area contributed by atoms with Crippen LogP contribution in [0.15, 0.2) is 59.2 Å². The van der Waals surface area contributed by atoms with Crippen LogP contribution in [-0.2, 0) is 19.5 Å². The first-order valence-electron chi connectivity index (χ1n) is 11.5. The normalized spacial score (nSPS) is 13.5. The van der Waals surface area contributed by atoms with Gasteiger partial charge in [-0.05, 0) is 24.3 Å². The molecular weight excluding hydrogens is 619 g/mol. The van der Waals surface area contributed by atoms with Crippen LogP contribution in [-0.4, -0.2) is 44.9 Å². The Bertz CT molecular complexity index is 1730. The van der Waals surface area contributed by atoms with Crippen LogP contribution in [0.3, 0.4) is 0 Å². The number of hydrogen-bond donors (Lipinski definition) is 2. The number of benzene rings is 3. The lowest BCUT2D eigenvalue weighted by Crippen LogP contribution is -2.43. The number of hydrogen-bond acceptors (Lipinski definition) is 8. The van der Waals surface area contributed by atoms with Crippen LogP contribution in [0.5, 0.6) is 11.5 Å². The molecule has 0 unspecified atom stereocenters. The molecule has 0 atom stereocenters. The van der Waals surface area contributed by atoms with E-state index in [9.17, 15) is 22.0 Å². The van der Waals surface area contributed by atoms with E-state index < -0.39 is 38.7 Å². The van der Waals surface area contributed by atoms with Gasteiger partial charge >= 0.3 is 5.97 Å². The largest absolute Gasteiger partial charge is 0.465 e. The molecule has 208 valence electrons. The van der Waals surface area contributed by atoms with Crippen molar-refractivity contribution in [2.75, 3.05) is 30.4 Å². The highest BCUT2D eigenvalue weighted by molar-refractivity contribution is 9.10. The molecule has 1 aliphatic heterocycles. The van der Waals surface area contributed by atoms with Gasteiger partial charge in [-0.25, -0.2) is 26.4 Å². The summed E-state index contributed by atoms with van der Waals surface area (Å²) in [5.41, 5.74) is 0.231. The zero-order valence-corrected chi connectivity index (χ0v) is 22.9. The summed E-state index contributed by atoms with van der Waals surface area (Å²) >= 11 is 3.22. The first-order chi connectivity index (χ1) is 19.0. The van der Waals surface area contributed by atoms with Gasteiger partial charge in [-0.3, -0.25) is 9.71 Å². The number of anilines is 3. The number of rotatable bonds is 8. The van der Waals surface area contributed by atoms with Crippen molar-refractivity contribution in [1.82, 2.24) is 4.98 Å². The van der Waals surface area contributed by atoms with E-state index in [4.69, 9.17) is 14.2 Å². The summed E-state index contributed by atoms with van der Waals surface area (Å²) in [7, 11) is -2.76. The molecule has 0 amide bonds. The molecule has 0 bridgehead atoms. The fraction of sp³-hybridized carbons (Fsp3) is 0.154. The number of pyridine rings is 1. The Morgan fingerprint density at radius 1 is 1.02 bits per heavy atom. The summed E-state index contributed by atoms with van der Waals surface area (Å²) in [4.78, 5) is 16.6. The van der Waals surface area contributed by atoms with Crippen molar-refractivity contribution in [1.29, 1.82) is 0 Å². The maximum absolute atomic E-state index is 15.3. The summed E-state index contributed by atoms with van der Waals surface area (Å²) in [5.74, 6) is -3.45. The maximum Gasteiger partial charge on any atom is 0.338 e. The van der Waals surface area contributed by atoms with Crippen LogP contribution < -0.4 is 14.8 Å². The zero-order chi connectivity index (χ0) is 28.6. The number of aromatic nitrogens is 1. The standard InChI is InChI=1S/C26H19BrF3N3O6S/c1-37-26(34)13-2-17(9-18(3-13)39-19-7-15(28)6-16(29)8-19)32-25-23(33-40(35,36)20-11-38-12-20)10-31-22-5-14(27)4-21(30)24(22)25/h2-10,20,33H,11-12H2,1H3,(H,31,32). The molecule has 2 heterocycles. The second kappa shape index (κ2) is 10.9. The van der Waals surface area contributed by atoms with Gasteiger partial charge in [0.1, 0.15) is 34.2 Å². The SMILES string of the molecule is COC(=O)c1cc(Nc2c(NS(=O)(=O)C3COC3)cnc3cc(Br)cc(F)c23)cc(Oc2cc(F)cc(F)c2)c1. The Labute approximate surface area is 234 Å². The van der Waals surface area contributed by atoms with Crippen molar-refractivity contribution in [3.8, 4) is 11.5 Å². The van der Waals surface area contributed by atoms with Crippen molar-refractivity contribution in [3.05, 3.63) is 82.2 Å². The number of carbonyl (C=O) groups excluding carboxylic acids is 1. The topological polar surface area (TPSA) is 116 Å². The second-order valence-corrected chi connectivity index (χ2v) is 11.6. The summed E-state index contributed by atoms with van der Waals surface area (Å²) in [6.07, 6.45) is 1.23. The highest BCUT2D eigenvalue weighted by Crippen LogP contribution is 2.38. The lowest BCUT2D eigenvalue weighted by atomic mass is 10.1. The van der Waals surface area contributed by atoms with Crippen molar-refractivity contribution in [2.45, 2.75) is 5.25 Å². The van der Waals surface area contributed by atoms with E-state index in [-0.39, 0.29) is 58.2 Å². The molecule has 5 rings (SSSR count). The Kier molecular flexibility index (Phi) is 7.57. The number of nitrogens with one attached hydrogen (secondary N) is 2. The number of ether oxygens (including phenoxy) is 3. The van der Waals surface area contributed by atoms with E-state index in [1.165, 1.54) is 30.5 Å². The van der Waals surface area contributed by atoms with Gasteiger partial charge in [0.05, 0.1) is 54.4 Å². The summed E-state index contributed by atoms with van der Waals surface area (Å²) in [5, 5.41) is 2.10. The minimum Gasteiger partial charge on any atom is -0.465 e. The fourth-order valence-corrected chi connectivity index (χ4v) is 5.51. The quantitative estimate of drug-likeness (QED) is 0.230. The van der Waals surface area contributed by atoms with Crippen LogP contribution in [0.25, 0.3) is 10.9 Å². The molecule has 4 aromatic rings. The number of nitrogens with zero attached hydrogens (tertiary/aromatic N) is 1. The van der Waals surface area contributed by atoms with Gasteiger partial charge in [0.15, 0.2) is 0 Å². The van der Waals surface area contributed by atoms with Crippen LogP contribution in [0, 0.1) is 17.5 Å². The van der Waals surface area contributed by atoms with Gasteiger partial charge in [0.25, 0.3) is 0 Å². The zero-order valence-electron chi connectivity index (χ0n) is 20.5. The van der Waals surface area contributed by atoms with E-state index in [1.54, 1.807) is 6.07 Å². The third kappa shape index (κ3) is 5.83. The Morgan fingerprint density at radius 2 is 1.73 bits per heavy atom. The Balaban J connectivity index is 1.62. The van der Waals surface area contributed by atoms with Gasteiger partial charge in [-0.15, -0.1) is 0 Å². The van der Waals surface area contributed by atoms with Crippen molar-refractivity contribution in [2.24, 2.45) is 0 Å². The van der Waals surface area contributed by atoms with Gasteiger partial charge in [-0.1, -0.05) is 15.9 Å². The summed E-state index contributed by atoms with van der Waals surface area (Å²) < 4.78 is 86.7. The molecule has 0 spiro atoms. The Morgan fingerprint density at radius 3 is 2.38 bits per heavy atom. The second-order valence-electron chi connectivity index (χ2n) is 8.71. The molecular formula is C26H19BrF3N3O6S. The van der Waals surface area contributed by atoms with E-state index in [0.29, 0.717) is 10.5 Å². The lowest BCUT2D eigenvalue weighted by molar-refractivity contribution is 0.0418. The number of halogens is 4. The number of methoxy groups -OCH3 is 1. The molecule has 40 heavy (non-hydrogen) atoms. The summed E-state index contributed by atoms with van der Waals surface area (Å²) in [6.45, 7) is 0.00587. The third-order valence-corrected chi connectivity index (χ3v) is 7.97. The first-order valence-corrected chi connectivity index (χ1v) is 13.9. The predicted octanol–water partition coefficient (Wildman–Crippen LogP) is 5.88. The number of esters is 1.